The molecule has 1 saturated heterocycles. The van der Waals surface area contributed by atoms with Gasteiger partial charge in [0.05, 0.1) is 5.92 Å². The van der Waals surface area contributed by atoms with Gasteiger partial charge in [-0.25, -0.2) is 0 Å². The highest BCUT2D eigenvalue weighted by Gasteiger charge is 2.34. The SMILES string of the molecule is CC(C)C(N)[C@H]1CNC1=O. The Bertz CT molecular complexity index is 145. The van der Waals surface area contributed by atoms with Gasteiger partial charge in [-0.15, -0.1) is 0 Å². The van der Waals surface area contributed by atoms with Crippen LogP contribution in [0.15, 0.2) is 0 Å². The second-order valence-corrected chi connectivity index (χ2v) is 3.17. The van der Waals surface area contributed by atoms with Gasteiger partial charge in [0.1, 0.15) is 0 Å². The van der Waals surface area contributed by atoms with Crippen LogP contribution in [0.4, 0.5) is 0 Å². The molecule has 0 saturated carbocycles. The summed E-state index contributed by atoms with van der Waals surface area (Å²) in [6.07, 6.45) is 0. The Morgan fingerprint density at radius 1 is 1.70 bits per heavy atom. The largest absolute Gasteiger partial charge is 0.355 e. The third-order valence-electron chi connectivity index (χ3n) is 2.07. The first kappa shape index (κ1) is 7.54. The van der Waals surface area contributed by atoms with Crippen LogP contribution < -0.4 is 11.1 Å². The van der Waals surface area contributed by atoms with Crippen LogP contribution in [0.1, 0.15) is 13.8 Å². The molecule has 10 heavy (non-hydrogen) atoms. The van der Waals surface area contributed by atoms with Gasteiger partial charge >= 0.3 is 0 Å². The molecule has 58 valence electrons. The number of rotatable bonds is 2. The highest BCUT2D eigenvalue weighted by Crippen LogP contribution is 2.15. The van der Waals surface area contributed by atoms with Gasteiger partial charge in [0.25, 0.3) is 0 Å². The zero-order valence-corrected chi connectivity index (χ0v) is 6.42. The predicted molar refractivity (Wildman–Crippen MR) is 39.3 cm³/mol. The van der Waals surface area contributed by atoms with Crippen LogP contribution in [-0.4, -0.2) is 18.5 Å². The highest BCUT2D eigenvalue weighted by atomic mass is 16.2. The lowest BCUT2D eigenvalue weighted by atomic mass is 9.86. The molecule has 1 aliphatic heterocycles. The fourth-order valence-electron chi connectivity index (χ4n) is 1.08. The summed E-state index contributed by atoms with van der Waals surface area (Å²) in [4.78, 5) is 10.8. The van der Waals surface area contributed by atoms with Gasteiger partial charge < -0.3 is 11.1 Å². The monoisotopic (exact) mass is 142 g/mol. The average molecular weight is 142 g/mol. The number of carbonyl (C=O) groups excluding carboxylic acids is 1. The highest BCUT2D eigenvalue weighted by molar-refractivity contribution is 5.85. The molecule has 0 aromatic carbocycles. The van der Waals surface area contributed by atoms with Crippen molar-refractivity contribution in [2.75, 3.05) is 6.54 Å². The fraction of sp³-hybridized carbons (Fsp3) is 0.857. The molecule has 0 aliphatic carbocycles. The number of nitrogens with two attached hydrogens (primary N) is 1. The van der Waals surface area contributed by atoms with Gasteiger partial charge in [0, 0.05) is 12.6 Å². The van der Waals surface area contributed by atoms with Crippen LogP contribution in [0.2, 0.25) is 0 Å². The number of β-lactam (4-membered cyclic amide) rings is 1. The van der Waals surface area contributed by atoms with E-state index in [0.717, 1.165) is 6.54 Å². The number of amides is 1. The first-order valence-electron chi connectivity index (χ1n) is 3.66. The van der Waals surface area contributed by atoms with Crippen LogP contribution >= 0.6 is 0 Å². The molecule has 1 unspecified atom stereocenters. The summed E-state index contributed by atoms with van der Waals surface area (Å²) in [7, 11) is 0. The lowest BCUT2D eigenvalue weighted by Gasteiger charge is -2.32. The summed E-state index contributed by atoms with van der Waals surface area (Å²) in [5.74, 6) is 0.581. The van der Waals surface area contributed by atoms with E-state index in [-0.39, 0.29) is 17.9 Å². The van der Waals surface area contributed by atoms with Crippen molar-refractivity contribution in [1.29, 1.82) is 0 Å². The van der Waals surface area contributed by atoms with Crippen molar-refractivity contribution in [2.24, 2.45) is 17.6 Å². The van der Waals surface area contributed by atoms with Gasteiger partial charge in [-0.1, -0.05) is 13.8 Å². The van der Waals surface area contributed by atoms with E-state index in [1.807, 2.05) is 13.8 Å². The smallest absolute Gasteiger partial charge is 0.226 e. The Morgan fingerprint density at radius 2 is 2.30 bits per heavy atom. The van der Waals surface area contributed by atoms with Crippen LogP contribution in [0.5, 0.6) is 0 Å². The van der Waals surface area contributed by atoms with Gasteiger partial charge in [-0.05, 0) is 5.92 Å². The third kappa shape index (κ3) is 1.14. The Balaban J connectivity index is 2.41. The molecule has 2 atom stereocenters. The maximum absolute atomic E-state index is 10.8. The molecule has 1 rings (SSSR count). The van der Waals surface area contributed by atoms with Crippen LogP contribution in [0.3, 0.4) is 0 Å². The molecule has 3 heteroatoms. The number of carbonyl (C=O) groups is 1. The second-order valence-electron chi connectivity index (χ2n) is 3.17. The van der Waals surface area contributed by atoms with Gasteiger partial charge in [-0.2, -0.15) is 0 Å². The van der Waals surface area contributed by atoms with E-state index in [9.17, 15) is 4.79 Å². The molecule has 0 spiro atoms. The zero-order valence-electron chi connectivity index (χ0n) is 6.42. The molecule has 0 aromatic heterocycles. The Morgan fingerprint density at radius 3 is 2.40 bits per heavy atom. The van der Waals surface area contributed by atoms with E-state index in [1.165, 1.54) is 0 Å². The third-order valence-corrected chi connectivity index (χ3v) is 2.07. The van der Waals surface area contributed by atoms with Crippen LogP contribution in [0, 0.1) is 11.8 Å². The number of nitrogens with one attached hydrogen (secondary N) is 1. The van der Waals surface area contributed by atoms with E-state index < -0.39 is 0 Å². The molecular weight excluding hydrogens is 128 g/mol. The molecule has 1 heterocycles. The summed E-state index contributed by atoms with van der Waals surface area (Å²) < 4.78 is 0. The predicted octanol–water partition coefficient (Wildman–Crippen LogP) is -0.284. The number of hydrogen-bond donors (Lipinski definition) is 2. The van der Waals surface area contributed by atoms with Crippen molar-refractivity contribution in [3.63, 3.8) is 0 Å². The minimum atomic E-state index is 0.0359. The molecule has 0 radical (unpaired) electrons. The normalized spacial score (nSPS) is 27.6. The topological polar surface area (TPSA) is 55.1 Å². The lowest BCUT2D eigenvalue weighted by Crippen LogP contribution is -2.58. The standard InChI is InChI=1S/C7H14N2O/c1-4(2)6(8)5-3-9-7(5)10/h4-6H,3,8H2,1-2H3,(H,9,10)/t5-,6?/m1/s1. The van der Waals surface area contributed by atoms with Crippen LogP contribution in [0.25, 0.3) is 0 Å². The van der Waals surface area contributed by atoms with Crippen molar-refractivity contribution in [1.82, 2.24) is 5.32 Å². The lowest BCUT2D eigenvalue weighted by molar-refractivity contribution is -0.132. The maximum Gasteiger partial charge on any atom is 0.226 e. The van der Waals surface area contributed by atoms with Crippen molar-refractivity contribution >= 4 is 5.91 Å². The fourth-order valence-corrected chi connectivity index (χ4v) is 1.08. The zero-order chi connectivity index (χ0) is 7.72. The molecule has 0 aromatic rings. The second kappa shape index (κ2) is 2.58. The summed E-state index contributed by atoms with van der Waals surface area (Å²) in [5, 5.41) is 2.68. The van der Waals surface area contributed by atoms with Crippen molar-refractivity contribution < 1.29 is 4.79 Å². The minimum absolute atomic E-state index is 0.0359. The minimum Gasteiger partial charge on any atom is -0.355 e. The molecule has 0 bridgehead atoms. The van der Waals surface area contributed by atoms with E-state index in [2.05, 4.69) is 5.32 Å². The summed E-state index contributed by atoms with van der Waals surface area (Å²) in [5.41, 5.74) is 5.75. The molecule has 1 aliphatic rings. The Hall–Kier alpha value is -0.570. The van der Waals surface area contributed by atoms with Gasteiger partial charge in [0.2, 0.25) is 5.91 Å². The van der Waals surface area contributed by atoms with E-state index in [1.54, 1.807) is 0 Å². The van der Waals surface area contributed by atoms with E-state index in [4.69, 9.17) is 5.73 Å². The molecule has 1 amide bonds. The Kier molecular flexibility index (Phi) is 1.94. The maximum atomic E-state index is 10.8. The summed E-state index contributed by atoms with van der Waals surface area (Å²) in [6.45, 7) is 4.84. The molecule has 1 fully saturated rings. The summed E-state index contributed by atoms with van der Waals surface area (Å²) >= 11 is 0. The first-order chi connectivity index (χ1) is 4.63. The van der Waals surface area contributed by atoms with Gasteiger partial charge in [0.15, 0.2) is 0 Å². The first-order valence-corrected chi connectivity index (χ1v) is 3.66. The van der Waals surface area contributed by atoms with E-state index >= 15 is 0 Å². The molecule has 3 nitrogen and oxygen atoms in total. The quantitative estimate of drug-likeness (QED) is 0.521. The average Bonchev–Trinajstić information content (AvgIpc) is 1.84. The molecular formula is C7H14N2O. The van der Waals surface area contributed by atoms with E-state index in [0.29, 0.717) is 5.92 Å². The van der Waals surface area contributed by atoms with Crippen molar-refractivity contribution in [3.8, 4) is 0 Å². The number of hydrogen-bond acceptors (Lipinski definition) is 2. The summed E-state index contributed by atoms with van der Waals surface area (Å²) in [6, 6.07) is 0.0359. The van der Waals surface area contributed by atoms with Crippen molar-refractivity contribution in [2.45, 2.75) is 19.9 Å². The molecule has 3 N–H and O–H groups in total. The van der Waals surface area contributed by atoms with Crippen molar-refractivity contribution in [3.05, 3.63) is 0 Å². The van der Waals surface area contributed by atoms with Crippen LogP contribution in [-0.2, 0) is 4.79 Å². The van der Waals surface area contributed by atoms with Gasteiger partial charge in [-0.3, -0.25) is 4.79 Å². The Labute approximate surface area is 61.0 Å².